The molecule has 1 heterocycles. The second-order valence-corrected chi connectivity index (χ2v) is 5.58. The number of nitrogens with zero attached hydrogens (tertiary/aromatic N) is 1. The first kappa shape index (κ1) is 15.4. The van der Waals surface area contributed by atoms with Crippen LogP contribution in [0.2, 0.25) is 0 Å². The zero-order valence-electron chi connectivity index (χ0n) is 13.3. The van der Waals surface area contributed by atoms with E-state index in [2.05, 4.69) is 0 Å². The van der Waals surface area contributed by atoms with E-state index in [1.807, 2.05) is 53.4 Å². The summed E-state index contributed by atoms with van der Waals surface area (Å²) in [6, 6.07) is 15.7. The summed E-state index contributed by atoms with van der Waals surface area (Å²) < 4.78 is 11.1. The van der Waals surface area contributed by atoms with Gasteiger partial charge in [0.05, 0.1) is 13.7 Å². The number of rotatable bonds is 4. The lowest BCUT2D eigenvalue weighted by Crippen LogP contribution is -2.32. The third kappa shape index (κ3) is 3.65. The Morgan fingerprint density at radius 2 is 1.96 bits per heavy atom. The van der Waals surface area contributed by atoms with Gasteiger partial charge in [0.2, 0.25) is 5.91 Å². The summed E-state index contributed by atoms with van der Waals surface area (Å²) in [5, 5.41) is 0. The minimum atomic E-state index is 0.149. The Morgan fingerprint density at radius 3 is 2.83 bits per heavy atom. The first-order valence-corrected chi connectivity index (χ1v) is 7.88. The van der Waals surface area contributed by atoms with Crippen LogP contribution in [0.3, 0.4) is 0 Å². The van der Waals surface area contributed by atoms with Gasteiger partial charge in [-0.05, 0) is 24.1 Å². The summed E-state index contributed by atoms with van der Waals surface area (Å²) in [5.41, 5.74) is 2.13. The lowest BCUT2D eigenvalue weighted by atomic mass is 10.1. The van der Waals surface area contributed by atoms with Gasteiger partial charge >= 0.3 is 0 Å². The van der Waals surface area contributed by atoms with E-state index in [-0.39, 0.29) is 5.91 Å². The van der Waals surface area contributed by atoms with Crippen molar-refractivity contribution in [1.29, 1.82) is 0 Å². The topological polar surface area (TPSA) is 38.8 Å². The van der Waals surface area contributed by atoms with Gasteiger partial charge in [-0.15, -0.1) is 0 Å². The highest BCUT2D eigenvalue weighted by atomic mass is 16.5. The number of ether oxygens (including phenoxy) is 2. The normalized spacial score (nSPS) is 13.7. The number of hydrogen-bond donors (Lipinski definition) is 0. The van der Waals surface area contributed by atoms with Crippen LogP contribution in [-0.4, -0.2) is 31.1 Å². The molecule has 4 heteroatoms. The fraction of sp³-hybridized carbons (Fsp3) is 0.316. The molecule has 0 aliphatic carbocycles. The maximum atomic E-state index is 12.6. The van der Waals surface area contributed by atoms with Crippen LogP contribution in [0.4, 0.5) is 0 Å². The lowest BCUT2D eigenvalue weighted by molar-refractivity contribution is -0.131. The number of hydrogen-bond acceptors (Lipinski definition) is 3. The van der Waals surface area contributed by atoms with Gasteiger partial charge < -0.3 is 14.4 Å². The molecule has 0 bridgehead atoms. The molecule has 3 rings (SSSR count). The van der Waals surface area contributed by atoms with Gasteiger partial charge in [0.1, 0.15) is 18.1 Å². The van der Waals surface area contributed by atoms with Gasteiger partial charge in [0.25, 0.3) is 0 Å². The van der Waals surface area contributed by atoms with Crippen molar-refractivity contribution < 1.29 is 14.3 Å². The maximum Gasteiger partial charge on any atom is 0.223 e. The molecule has 0 fully saturated rings. The number of fused-ring (bicyclic) bond motifs is 1. The van der Waals surface area contributed by atoms with Crippen molar-refractivity contribution in [2.24, 2.45) is 0 Å². The van der Waals surface area contributed by atoms with Crippen LogP contribution in [0.1, 0.15) is 17.5 Å². The Hall–Kier alpha value is -2.49. The number of carbonyl (C=O) groups excluding carboxylic acids is 1. The summed E-state index contributed by atoms with van der Waals surface area (Å²) in [6.07, 6.45) is 1.16. The highest BCUT2D eigenvalue weighted by Crippen LogP contribution is 2.24. The van der Waals surface area contributed by atoms with Crippen molar-refractivity contribution in [2.45, 2.75) is 19.4 Å². The molecule has 1 amide bonds. The molecule has 0 atom stereocenters. The number of para-hydroxylation sites is 2. The van der Waals surface area contributed by atoms with Gasteiger partial charge in [0, 0.05) is 18.5 Å². The van der Waals surface area contributed by atoms with Gasteiger partial charge in [-0.2, -0.15) is 0 Å². The molecule has 23 heavy (non-hydrogen) atoms. The monoisotopic (exact) mass is 311 g/mol. The van der Waals surface area contributed by atoms with E-state index in [1.165, 1.54) is 0 Å². The average molecular weight is 311 g/mol. The first-order valence-electron chi connectivity index (χ1n) is 7.88. The van der Waals surface area contributed by atoms with Gasteiger partial charge in [0.15, 0.2) is 0 Å². The number of methoxy groups -OCH3 is 1. The van der Waals surface area contributed by atoms with Crippen molar-refractivity contribution in [3.63, 3.8) is 0 Å². The Labute approximate surface area is 136 Å². The molecule has 0 unspecified atom stereocenters. The molecule has 2 aromatic carbocycles. The predicted octanol–water partition coefficient (Wildman–Crippen LogP) is 3.05. The first-order chi connectivity index (χ1) is 11.3. The van der Waals surface area contributed by atoms with E-state index in [4.69, 9.17) is 9.47 Å². The van der Waals surface area contributed by atoms with Crippen LogP contribution in [-0.2, 0) is 17.8 Å². The second-order valence-electron chi connectivity index (χ2n) is 5.58. The Balaban J connectivity index is 1.64. The van der Waals surface area contributed by atoms with Gasteiger partial charge in [-0.25, -0.2) is 0 Å². The standard InChI is InChI=1S/C19H21NO3/c1-22-17-8-4-2-6-15(17)10-11-19(21)20-12-13-23-18-9-5-3-7-16(18)14-20/h2-9H,10-14H2,1H3. The molecular weight excluding hydrogens is 290 g/mol. The SMILES string of the molecule is COc1ccccc1CCC(=O)N1CCOc2ccccc2C1. The zero-order valence-corrected chi connectivity index (χ0v) is 13.3. The molecule has 1 aliphatic heterocycles. The van der Waals surface area contributed by atoms with Crippen LogP contribution < -0.4 is 9.47 Å². The third-order valence-corrected chi connectivity index (χ3v) is 4.11. The van der Waals surface area contributed by atoms with E-state index in [9.17, 15) is 4.79 Å². The van der Waals surface area contributed by atoms with Crippen molar-refractivity contribution in [2.75, 3.05) is 20.3 Å². The highest BCUT2D eigenvalue weighted by molar-refractivity contribution is 5.76. The van der Waals surface area contributed by atoms with Crippen molar-refractivity contribution >= 4 is 5.91 Å². The summed E-state index contributed by atoms with van der Waals surface area (Å²) in [6.45, 7) is 1.78. The summed E-state index contributed by atoms with van der Waals surface area (Å²) in [4.78, 5) is 14.4. The number of carbonyl (C=O) groups is 1. The van der Waals surface area contributed by atoms with Crippen molar-refractivity contribution in [3.8, 4) is 11.5 Å². The fourth-order valence-corrected chi connectivity index (χ4v) is 2.85. The Morgan fingerprint density at radius 1 is 1.17 bits per heavy atom. The fourth-order valence-electron chi connectivity index (χ4n) is 2.85. The van der Waals surface area contributed by atoms with Crippen LogP contribution in [0.25, 0.3) is 0 Å². The molecule has 0 radical (unpaired) electrons. The molecule has 120 valence electrons. The molecule has 0 aromatic heterocycles. The number of benzene rings is 2. The van der Waals surface area contributed by atoms with E-state index >= 15 is 0 Å². The summed E-state index contributed by atoms with van der Waals surface area (Å²) in [5.74, 6) is 1.87. The van der Waals surface area contributed by atoms with E-state index < -0.39 is 0 Å². The van der Waals surface area contributed by atoms with Crippen LogP contribution >= 0.6 is 0 Å². The molecule has 0 spiro atoms. The molecule has 2 aromatic rings. The molecule has 1 aliphatic rings. The molecule has 0 N–H and O–H groups in total. The van der Waals surface area contributed by atoms with Crippen molar-refractivity contribution in [3.05, 3.63) is 59.7 Å². The van der Waals surface area contributed by atoms with Crippen LogP contribution in [0.15, 0.2) is 48.5 Å². The largest absolute Gasteiger partial charge is 0.496 e. The maximum absolute atomic E-state index is 12.6. The number of aryl methyl sites for hydroxylation is 1. The van der Waals surface area contributed by atoms with E-state index in [0.717, 1.165) is 22.6 Å². The van der Waals surface area contributed by atoms with Crippen molar-refractivity contribution in [1.82, 2.24) is 4.90 Å². The Bertz CT molecular complexity index is 684. The van der Waals surface area contributed by atoms with Gasteiger partial charge in [-0.1, -0.05) is 36.4 Å². The third-order valence-electron chi connectivity index (χ3n) is 4.11. The minimum Gasteiger partial charge on any atom is -0.496 e. The van der Waals surface area contributed by atoms with Crippen LogP contribution in [0, 0.1) is 0 Å². The molecule has 4 nitrogen and oxygen atoms in total. The smallest absolute Gasteiger partial charge is 0.223 e. The lowest BCUT2D eigenvalue weighted by Gasteiger charge is -2.20. The molecule has 0 saturated carbocycles. The van der Waals surface area contributed by atoms with E-state index in [0.29, 0.717) is 32.5 Å². The second kappa shape index (κ2) is 7.18. The summed E-state index contributed by atoms with van der Waals surface area (Å²) >= 11 is 0. The highest BCUT2D eigenvalue weighted by Gasteiger charge is 2.19. The molecule has 0 saturated heterocycles. The number of amides is 1. The Kier molecular flexibility index (Phi) is 4.81. The minimum absolute atomic E-state index is 0.149. The quantitative estimate of drug-likeness (QED) is 0.871. The zero-order chi connectivity index (χ0) is 16.1. The molecular formula is C19H21NO3. The van der Waals surface area contributed by atoms with Crippen LogP contribution in [0.5, 0.6) is 11.5 Å². The summed E-state index contributed by atoms with van der Waals surface area (Å²) in [7, 11) is 1.66. The average Bonchev–Trinajstić information content (AvgIpc) is 2.82. The predicted molar refractivity (Wildman–Crippen MR) is 88.7 cm³/mol. The van der Waals surface area contributed by atoms with E-state index in [1.54, 1.807) is 7.11 Å². The van der Waals surface area contributed by atoms with Gasteiger partial charge in [-0.3, -0.25) is 4.79 Å².